The first-order valence-corrected chi connectivity index (χ1v) is 7.20. The SMILES string of the molecule is COc1cc(OC)c(S(=O)(=O)Nc2nc(C)no2)cc1N. The number of ether oxygens (including phenoxy) is 2. The molecule has 1 aromatic carbocycles. The second kappa shape index (κ2) is 5.48. The zero-order valence-electron chi connectivity index (χ0n) is 11.6. The fourth-order valence-corrected chi connectivity index (χ4v) is 2.72. The van der Waals surface area contributed by atoms with E-state index >= 15 is 0 Å². The Bertz CT molecular complexity index is 756. The molecule has 0 spiro atoms. The van der Waals surface area contributed by atoms with Crippen molar-refractivity contribution in [2.75, 3.05) is 24.7 Å². The molecule has 1 heterocycles. The number of anilines is 2. The second-order valence-electron chi connectivity index (χ2n) is 4.00. The summed E-state index contributed by atoms with van der Waals surface area (Å²) in [6.45, 7) is 1.56. The Morgan fingerprint density at radius 2 is 1.90 bits per heavy atom. The third kappa shape index (κ3) is 2.99. The summed E-state index contributed by atoms with van der Waals surface area (Å²) in [6, 6.07) is 2.36. The number of aryl methyl sites for hydroxylation is 1. The Morgan fingerprint density at radius 1 is 1.24 bits per heavy atom. The van der Waals surface area contributed by atoms with Gasteiger partial charge in [-0.25, -0.2) is 13.1 Å². The van der Waals surface area contributed by atoms with Crippen LogP contribution in [0.2, 0.25) is 0 Å². The van der Waals surface area contributed by atoms with Crippen molar-refractivity contribution in [1.29, 1.82) is 0 Å². The van der Waals surface area contributed by atoms with Gasteiger partial charge in [0, 0.05) is 6.07 Å². The number of nitrogens with one attached hydrogen (secondary N) is 1. The summed E-state index contributed by atoms with van der Waals surface area (Å²) >= 11 is 0. The first-order chi connectivity index (χ1) is 9.87. The standard InChI is InChI=1S/C11H14N4O5S/c1-6-13-11(20-14-6)15-21(16,17)10-4-7(12)8(18-2)5-9(10)19-3/h4-5H,12H2,1-3H3,(H,13,14,15). The number of hydrogen-bond acceptors (Lipinski definition) is 8. The molecule has 0 radical (unpaired) electrons. The Labute approximate surface area is 121 Å². The molecule has 0 saturated carbocycles. The molecule has 0 amide bonds. The minimum atomic E-state index is -4.00. The van der Waals surface area contributed by atoms with Gasteiger partial charge in [0.25, 0.3) is 10.0 Å². The molecule has 0 unspecified atom stereocenters. The number of nitrogens with two attached hydrogens (primary N) is 1. The number of benzene rings is 1. The predicted octanol–water partition coefficient (Wildman–Crippen LogP) is 0.778. The Morgan fingerprint density at radius 3 is 2.43 bits per heavy atom. The number of hydrogen-bond donors (Lipinski definition) is 2. The van der Waals surface area contributed by atoms with E-state index in [1.807, 2.05) is 0 Å². The molecule has 0 atom stereocenters. The van der Waals surface area contributed by atoms with E-state index in [-0.39, 0.29) is 22.3 Å². The number of rotatable bonds is 5. The zero-order valence-corrected chi connectivity index (χ0v) is 12.4. The van der Waals surface area contributed by atoms with Crippen LogP contribution in [-0.2, 0) is 10.0 Å². The molecule has 114 valence electrons. The zero-order chi connectivity index (χ0) is 15.6. The van der Waals surface area contributed by atoms with Crippen molar-refractivity contribution >= 4 is 21.7 Å². The summed E-state index contributed by atoms with van der Waals surface area (Å²) in [5, 5.41) is 3.49. The van der Waals surface area contributed by atoms with E-state index < -0.39 is 10.0 Å². The summed E-state index contributed by atoms with van der Waals surface area (Å²) < 4.78 is 41.6. The minimum Gasteiger partial charge on any atom is -0.495 e. The van der Waals surface area contributed by atoms with Crippen molar-refractivity contribution in [2.45, 2.75) is 11.8 Å². The van der Waals surface area contributed by atoms with Gasteiger partial charge in [-0.05, 0) is 13.0 Å². The fraction of sp³-hybridized carbons (Fsp3) is 0.273. The molecule has 0 saturated heterocycles. The second-order valence-corrected chi connectivity index (χ2v) is 5.65. The smallest absolute Gasteiger partial charge is 0.335 e. The molecular weight excluding hydrogens is 300 g/mol. The van der Waals surface area contributed by atoms with Crippen LogP contribution in [0.5, 0.6) is 11.5 Å². The Hall–Kier alpha value is -2.49. The highest BCUT2D eigenvalue weighted by Gasteiger charge is 2.24. The monoisotopic (exact) mass is 314 g/mol. The molecule has 0 aliphatic rings. The molecule has 1 aromatic heterocycles. The van der Waals surface area contributed by atoms with E-state index in [1.165, 1.54) is 26.4 Å². The topological polar surface area (TPSA) is 130 Å². The molecule has 21 heavy (non-hydrogen) atoms. The van der Waals surface area contributed by atoms with Crippen LogP contribution in [0.15, 0.2) is 21.6 Å². The van der Waals surface area contributed by atoms with Gasteiger partial charge in [-0.1, -0.05) is 5.16 Å². The highest BCUT2D eigenvalue weighted by atomic mass is 32.2. The lowest BCUT2D eigenvalue weighted by atomic mass is 10.3. The summed E-state index contributed by atoms with van der Waals surface area (Å²) in [5.41, 5.74) is 5.88. The van der Waals surface area contributed by atoms with E-state index in [4.69, 9.17) is 19.7 Å². The predicted molar refractivity (Wildman–Crippen MR) is 73.8 cm³/mol. The number of nitrogen functional groups attached to an aromatic ring is 1. The van der Waals surface area contributed by atoms with E-state index in [2.05, 4.69) is 14.9 Å². The van der Waals surface area contributed by atoms with Crippen molar-refractivity contribution < 1.29 is 22.4 Å². The van der Waals surface area contributed by atoms with Gasteiger partial charge in [-0.3, -0.25) is 0 Å². The number of nitrogens with zero attached hydrogens (tertiary/aromatic N) is 2. The minimum absolute atomic E-state index is 0.0739. The van der Waals surface area contributed by atoms with Crippen LogP contribution >= 0.6 is 0 Å². The average Bonchev–Trinajstić information content (AvgIpc) is 2.83. The average molecular weight is 314 g/mol. The van der Waals surface area contributed by atoms with Crippen molar-refractivity contribution in [3.8, 4) is 11.5 Å². The van der Waals surface area contributed by atoms with Gasteiger partial charge in [0.1, 0.15) is 16.4 Å². The molecule has 9 nitrogen and oxygen atoms in total. The van der Waals surface area contributed by atoms with Crippen LogP contribution in [0.25, 0.3) is 0 Å². The van der Waals surface area contributed by atoms with Crippen molar-refractivity contribution in [3.05, 3.63) is 18.0 Å². The summed E-state index contributed by atoms with van der Waals surface area (Å²) in [5.74, 6) is 0.679. The van der Waals surface area contributed by atoms with Gasteiger partial charge < -0.3 is 19.7 Å². The number of methoxy groups -OCH3 is 2. The van der Waals surface area contributed by atoms with E-state index in [9.17, 15) is 8.42 Å². The van der Waals surface area contributed by atoms with Crippen LogP contribution in [0.3, 0.4) is 0 Å². The number of sulfonamides is 1. The fourth-order valence-electron chi connectivity index (χ4n) is 1.61. The van der Waals surface area contributed by atoms with E-state index in [0.717, 1.165) is 0 Å². The maximum absolute atomic E-state index is 12.3. The van der Waals surface area contributed by atoms with Gasteiger partial charge in [-0.2, -0.15) is 4.98 Å². The van der Waals surface area contributed by atoms with Crippen LogP contribution < -0.4 is 19.9 Å². The normalized spacial score (nSPS) is 11.2. The summed E-state index contributed by atoms with van der Waals surface area (Å²) in [6.07, 6.45) is 0. The van der Waals surface area contributed by atoms with E-state index in [0.29, 0.717) is 11.6 Å². The van der Waals surface area contributed by atoms with Crippen LogP contribution in [0, 0.1) is 6.92 Å². The van der Waals surface area contributed by atoms with Crippen LogP contribution in [-0.4, -0.2) is 32.8 Å². The van der Waals surface area contributed by atoms with Crippen molar-refractivity contribution in [1.82, 2.24) is 10.1 Å². The third-order valence-corrected chi connectivity index (χ3v) is 3.90. The van der Waals surface area contributed by atoms with Crippen molar-refractivity contribution in [2.24, 2.45) is 0 Å². The third-order valence-electron chi connectivity index (χ3n) is 2.55. The molecule has 10 heteroatoms. The Kier molecular flexibility index (Phi) is 3.89. The van der Waals surface area contributed by atoms with E-state index in [1.54, 1.807) is 6.92 Å². The molecular formula is C11H14N4O5S. The molecule has 2 aromatic rings. The van der Waals surface area contributed by atoms with Gasteiger partial charge in [0.2, 0.25) is 0 Å². The van der Waals surface area contributed by atoms with Crippen LogP contribution in [0.1, 0.15) is 5.82 Å². The molecule has 0 aliphatic carbocycles. The lowest BCUT2D eigenvalue weighted by Crippen LogP contribution is -2.15. The maximum Gasteiger partial charge on any atom is 0.335 e. The Balaban J connectivity index is 2.46. The van der Waals surface area contributed by atoms with Gasteiger partial charge in [-0.15, -0.1) is 0 Å². The lowest BCUT2D eigenvalue weighted by Gasteiger charge is -2.12. The largest absolute Gasteiger partial charge is 0.495 e. The first kappa shape index (κ1) is 14.9. The molecule has 0 aliphatic heterocycles. The molecule has 3 N–H and O–H groups in total. The van der Waals surface area contributed by atoms with Gasteiger partial charge in [0.15, 0.2) is 5.82 Å². The highest BCUT2D eigenvalue weighted by Crippen LogP contribution is 2.34. The van der Waals surface area contributed by atoms with Gasteiger partial charge in [0.05, 0.1) is 19.9 Å². The van der Waals surface area contributed by atoms with Crippen molar-refractivity contribution in [3.63, 3.8) is 0 Å². The molecule has 2 rings (SSSR count). The first-order valence-electron chi connectivity index (χ1n) is 5.72. The van der Waals surface area contributed by atoms with Gasteiger partial charge >= 0.3 is 6.01 Å². The quantitative estimate of drug-likeness (QED) is 0.774. The highest BCUT2D eigenvalue weighted by molar-refractivity contribution is 7.92. The lowest BCUT2D eigenvalue weighted by molar-refractivity contribution is 0.387. The summed E-state index contributed by atoms with van der Waals surface area (Å²) in [4.78, 5) is 3.60. The number of aromatic nitrogens is 2. The molecule has 0 bridgehead atoms. The maximum atomic E-state index is 12.3. The van der Waals surface area contributed by atoms with Crippen LogP contribution in [0.4, 0.5) is 11.7 Å². The summed E-state index contributed by atoms with van der Waals surface area (Å²) in [7, 11) is -1.25. The molecule has 0 fully saturated rings.